The molecular weight excluding hydrogens is 316 g/mol. The molecule has 1 saturated heterocycles. The highest BCUT2D eigenvalue weighted by Gasteiger charge is 2.23. The number of fused-ring (bicyclic) bond motifs is 1. The van der Waals surface area contributed by atoms with E-state index in [9.17, 15) is 4.79 Å². The zero-order valence-electron chi connectivity index (χ0n) is 14.8. The Balaban J connectivity index is 1.49. The Hall–Kier alpha value is -2.34. The van der Waals surface area contributed by atoms with Gasteiger partial charge >= 0.3 is 0 Å². The zero-order valence-corrected chi connectivity index (χ0v) is 14.8. The summed E-state index contributed by atoms with van der Waals surface area (Å²) in [6, 6.07) is 6.38. The van der Waals surface area contributed by atoms with Crippen molar-refractivity contribution in [3.63, 3.8) is 0 Å². The molecule has 1 aromatic heterocycles. The summed E-state index contributed by atoms with van der Waals surface area (Å²) in [5.74, 6) is 0.955. The van der Waals surface area contributed by atoms with E-state index in [1.54, 1.807) is 6.20 Å². The molecule has 3 heterocycles. The van der Waals surface area contributed by atoms with E-state index in [0.29, 0.717) is 11.7 Å². The maximum absolute atomic E-state index is 11.8. The van der Waals surface area contributed by atoms with Gasteiger partial charge in [-0.15, -0.1) is 0 Å². The summed E-state index contributed by atoms with van der Waals surface area (Å²) in [7, 11) is 2.16. The number of nitrogens with one attached hydrogen (secondary N) is 1. The quantitative estimate of drug-likeness (QED) is 0.927. The summed E-state index contributed by atoms with van der Waals surface area (Å²) >= 11 is 0. The number of hydrogen-bond acceptors (Lipinski definition) is 5. The molecule has 0 unspecified atom stereocenters. The largest absolute Gasteiger partial charge is 0.490 e. The molecule has 1 N–H and O–H groups in total. The lowest BCUT2D eigenvalue weighted by Crippen LogP contribution is -2.35. The number of likely N-dealkylation sites (tertiary alicyclic amines) is 1. The number of anilines is 1. The van der Waals surface area contributed by atoms with Crippen LogP contribution in [0.15, 0.2) is 29.2 Å². The van der Waals surface area contributed by atoms with Crippen molar-refractivity contribution in [1.82, 2.24) is 15.1 Å². The standard InChI is InChI=1S/C19H24N4O2/c1-13-18(10-20-21-19(13)24)23-11-14-3-4-17(9-15(14)12-23)25-16-5-7-22(2)8-6-16/h3-4,9-10,16H,5-8,11-12H2,1-2H3,(H,21,24). The highest BCUT2D eigenvalue weighted by molar-refractivity contribution is 5.55. The molecule has 0 saturated carbocycles. The van der Waals surface area contributed by atoms with Crippen LogP contribution in [0.25, 0.3) is 0 Å². The first-order valence-corrected chi connectivity index (χ1v) is 8.86. The second-order valence-electron chi connectivity index (χ2n) is 7.12. The number of piperidine rings is 1. The smallest absolute Gasteiger partial charge is 0.269 e. The van der Waals surface area contributed by atoms with Gasteiger partial charge in [0, 0.05) is 31.7 Å². The lowest BCUT2D eigenvalue weighted by atomic mass is 10.1. The molecule has 2 aliphatic heterocycles. The van der Waals surface area contributed by atoms with Crippen molar-refractivity contribution in [2.75, 3.05) is 25.0 Å². The Kier molecular flexibility index (Phi) is 4.21. The highest BCUT2D eigenvalue weighted by atomic mass is 16.5. The summed E-state index contributed by atoms with van der Waals surface area (Å²) < 4.78 is 6.20. The maximum atomic E-state index is 11.8. The van der Waals surface area contributed by atoms with E-state index in [1.165, 1.54) is 11.1 Å². The lowest BCUT2D eigenvalue weighted by Gasteiger charge is -2.29. The molecule has 0 bridgehead atoms. The number of H-pyrrole nitrogens is 1. The fraction of sp³-hybridized carbons (Fsp3) is 0.474. The van der Waals surface area contributed by atoms with E-state index < -0.39 is 0 Å². The summed E-state index contributed by atoms with van der Waals surface area (Å²) in [4.78, 5) is 16.3. The van der Waals surface area contributed by atoms with Gasteiger partial charge in [0.2, 0.25) is 0 Å². The Labute approximate surface area is 147 Å². The Morgan fingerprint density at radius 1 is 1.20 bits per heavy atom. The average Bonchev–Trinajstić information content (AvgIpc) is 3.02. The van der Waals surface area contributed by atoms with Crippen LogP contribution < -0.4 is 15.2 Å². The summed E-state index contributed by atoms with van der Waals surface area (Å²) in [5, 5.41) is 6.43. The predicted octanol–water partition coefficient (Wildman–Crippen LogP) is 2.07. The Bertz CT molecular complexity index is 824. The van der Waals surface area contributed by atoms with Gasteiger partial charge in [0.25, 0.3) is 5.56 Å². The molecule has 1 fully saturated rings. The monoisotopic (exact) mass is 340 g/mol. The molecular formula is C19H24N4O2. The minimum absolute atomic E-state index is 0.125. The third kappa shape index (κ3) is 3.26. The van der Waals surface area contributed by atoms with Gasteiger partial charge in [-0.05, 0) is 50.1 Å². The van der Waals surface area contributed by atoms with Crippen molar-refractivity contribution in [3.05, 3.63) is 51.4 Å². The van der Waals surface area contributed by atoms with Gasteiger partial charge in [0.1, 0.15) is 11.9 Å². The molecule has 1 aromatic carbocycles. The first-order valence-electron chi connectivity index (χ1n) is 8.86. The van der Waals surface area contributed by atoms with Crippen LogP contribution in [-0.4, -0.2) is 41.3 Å². The van der Waals surface area contributed by atoms with Crippen LogP contribution in [0.4, 0.5) is 5.69 Å². The molecule has 0 atom stereocenters. The summed E-state index contributed by atoms with van der Waals surface area (Å²) in [6.07, 6.45) is 4.21. The first-order chi connectivity index (χ1) is 12.1. The first kappa shape index (κ1) is 16.1. The summed E-state index contributed by atoms with van der Waals surface area (Å²) in [6.45, 7) is 5.62. The minimum Gasteiger partial charge on any atom is -0.490 e. The third-order valence-electron chi connectivity index (χ3n) is 5.29. The van der Waals surface area contributed by atoms with Crippen molar-refractivity contribution in [2.24, 2.45) is 0 Å². The van der Waals surface area contributed by atoms with E-state index in [1.807, 2.05) is 6.92 Å². The van der Waals surface area contributed by atoms with E-state index in [-0.39, 0.29) is 5.56 Å². The second-order valence-corrected chi connectivity index (χ2v) is 7.12. The number of hydrogen-bond donors (Lipinski definition) is 1. The second kappa shape index (κ2) is 6.52. The molecule has 0 spiro atoms. The minimum atomic E-state index is -0.125. The van der Waals surface area contributed by atoms with E-state index in [4.69, 9.17) is 4.74 Å². The number of benzene rings is 1. The molecule has 0 radical (unpaired) electrons. The van der Waals surface area contributed by atoms with Gasteiger partial charge in [-0.25, -0.2) is 5.10 Å². The van der Waals surface area contributed by atoms with Crippen molar-refractivity contribution < 1.29 is 4.74 Å². The SMILES string of the molecule is Cc1c(N2Cc3ccc(OC4CCN(C)CC4)cc3C2)cn[nH]c1=O. The van der Waals surface area contributed by atoms with Crippen LogP contribution in [0.2, 0.25) is 0 Å². The normalized spacial score (nSPS) is 18.4. The van der Waals surface area contributed by atoms with Gasteiger partial charge < -0.3 is 14.5 Å². The van der Waals surface area contributed by atoms with Gasteiger partial charge in [0.15, 0.2) is 0 Å². The number of aromatic amines is 1. The fourth-order valence-corrected chi connectivity index (χ4v) is 3.68. The third-order valence-corrected chi connectivity index (χ3v) is 5.29. The number of aromatic nitrogens is 2. The fourth-order valence-electron chi connectivity index (χ4n) is 3.68. The van der Waals surface area contributed by atoms with Gasteiger partial charge in [0.05, 0.1) is 11.9 Å². The number of ether oxygens (including phenoxy) is 1. The maximum Gasteiger partial charge on any atom is 0.269 e. The van der Waals surface area contributed by atoms with E-state index >= 15 is 0 Å². The topological polar surface area (TPSA) is 61.5 Å². The number of nitrogens with zero attached hydrogens (tertiary/aromatic N) is 3. The van der Waals surface area contributed by atoms with Crippen LogP contribution in [0.3, 0.4) is 0 Å². The van der Waals surface area contributed by atoms with Crippen LogP contribution in [-0.2, 0) is 13.1 Å². The van der Waals surface area contributed by atoms with Crippen LogP contribution in [0, 0.1) is 6.92 Å². The Morgan fingerprint density at radius 3 is 2.76 bits per heavy atom. The van der Waals surface area contributed by atoms with Crippen LogP contribution in [0.5, 0.6) is 5.75 Å². The lowest BCUT2D eigenvalue weighted by molar-refractivity contribution is 0.114. The van der Waals surface area contributed by atoms with E-state index in [2.05, 4.69) is 45.2 Å². The Morgan fingerprint density at radius 2 is 1.96 bits per heavy atom. The predicted molar refractivity (Wildman–Crippen MR) is 97.1 cm³/mol. The van der Waals surface area contributed by atoms with Crippen molar-refractivity contribution in [3.8, 4) is 5.75 Å². The number of rotatable bonds is 3. The van der Waals surface area contributed by atoms with Gasteiger partial charge in [-0.3, -0.25) is 4.79 Å². The average molecular weight is 340 g/mol. The van der Waals surface area contributed by atoms with Crippen molar-refractivity contribution >= 4 is 5.69 Å². The highest BCUT2D eigenvalue weighted by Crippen LogP contribution is 2.31. The molecule has 6 heteroatoms. The molecule has 25 heavy (non-hydrogen) atoms. The molecule has 4 rings (SSSR count). The van der Waals surface area contributed by atoms with Gasteiger partial charge in [-0.2, -0.15) is 5.10 Å². The van der Waals surface area contributed by atoms with Gasteiger partial charge in [-0.1, -0.05) is 6.07 Å². The molecule has 0 aliphatic carbocycles. The van der Waals surface area contributed by atoms with Crippen LogP contribution in [0.1, 0.15) is 29.5 Å². The molecule has 132 valence electrons. The van der Waals surface area contributed by atoms with Crippen molar-refractivity contribution in [2.45, 2.75) is 39.0 Å². The van der Waals surface area contributed by atoms with Crippen LogP contribution >= 0.6 is 0 Å². The van der Waals surface area contributed by atoms with Crippen molar-refractivity contribution in [1.29, 1.82) is 0 Å². The molecule has 6 nitrogen and oxygen atoms in total. The molecule has 0 amide bonds. The van der Waals surface area contributed by atoms with E-state index in [0.717, 1.165) is 50.5 Å². The molecule has 2 aromatic rings. The summed E-state index contributed by atoms with van der Waals surface area (Å²) in [5.41, 5.74) is 4.05. The zero-order chi connectivity index (χ0) is 17.4. The molecule has 2 aliphatic rings.